The molecule has 0 saturated carbocycles. The Hall–Kier alpha value is -1.34. The zero-order valence-electron chi connectivity index (χ0n) is 8.62. The van der Waals surface area contributed by atoms with Crippen LogP contribution in [0.1, 0.15) is 24.1 Å². The van der Waals surface area contributed by atoms with Crippen molar-refractivity contribution in [2.45, 2.75) is 19.9 Å². The summed E-state index contributed by atoms with van der Waals surface area (Å²) in [5.74, 6) is 0. The van der Waals surface area contributed by atoms with Gasteiger partial charge in [-0.25, -0.2) is 0 Å². The third-order valence-corrected chi connectivity index (χ3v) is 2.66. The molecule has 0 amide bonds. The Labute approximate surface area is 84.5 Å². The van der Waals surface area contributed by atoms with Crippen LogP contribution in [-0.4, -0.2) is 0 Å². The van der Waals surface area contributed by atoms with E-state index in [4.69, 9.17) is 5.73 Å². The zero-order chi connectivity index (χ0) is 10.1. The molecule has 1 nitrogen and oxygen atoms in total. The molecule has 2 rings (SSSR count). The highest BCUT2D eigenvalue weighted by atomic mass is 14.6. The highest BCUT2D eigenvalue weighted by Crippen LogP contribution is 2.25. The third-order valence-electron chi connectivity index (χ3n) is 2.66. The lowest BCUT2D eigenvalue weighted by atomic mass is 9.97. The van der Waals surface area contributed by atoms with Crippen LogP contribution in [0.5, 0.6) is 0 Å². The summed E-state index contributed by atoms with van der Waals surface area (Å²) < 4.78 is 0. The molecule has 72 valence electrons. The quantitative estimate of drug-likeness (QED) is 0.725. The summed E-state index contributed by atoms with van der Waals surface area (Å²) in [7, 11) is 0. The molecule has 0 saturated heterocycles. The molecular formula is C13H15N. The van der Waals surface area contributed by atoms with Crippen molar-refractivity contribution < 1.29 is 0 Å². The first kappa shape index (κ1) is 9.22. The topological polar surface area (TPSA) is 26.0 Å². The molecule has 0 unspecified atom stereocenters. The maximum atomic E-state index is 5.93. The number of nitrogens with two attached hydrogens (primary N) is 1. The van der Waals surface area contributed by atoms with Crippen molar-refractivity contribution in [2.24, 2.45) is 5.73 Å². The fourth-order valence-corrected chi connectivity index (χ4v) is 1.89. The molecule has 0 radical (unpaired) electrons. The van der Waals surface area contributed by atoms with Gasteiger partial charge < -0.3 is 5.73 Å². The summed E-state index contributed by atoms with van der Waals surface area (Å²) in [5, 5.41) is 2.59. The van der Waals surface area contributed by atoms with E-state index in [-0.39, 0.29) is 6.04 Å². The van der Waals surface area contributed by atoms with Crippen LogP contribution >= 0.6 is 0 Å². The number of hydrogen-bond acceptors (Lipinski definition) is 1. The largest absolute Gasteiger partial charge is 0.324 e. The van der Waals surface area contributed by atoms with Crippen molar-refractivity contribution in [2.75, 3.05) is 0 Å². The molecule has 0 aliphatic rings. The molecule has 0 bridgehead atoms. The second-order valence-electron chi connectivity index (χ2n) is 3.81. The molecule has 14 heavy (non-hydrogen) atoms. The number of hydrogen-bond donors (Lipinski definition) is 1. The van der Waals surface area contributed by atoms with E-state index in [2.05, 4.69) is 43.3 Å². The minimum absolute atomic E-state index is 0.0977. The molecule has 1 heteroatoms. The van der Waals surface area contributed by atoms with E-state index in [9.17, 15) is 0 Å². The Bertz CT molecular complexity index is 458. The summed E-state index contributed by atoms with van der Waals surface area (Å²) in [6.07, 6.45) is 0. The van der Waals surface area contributed by atoms with Gasteiger partial charge in [-0.1, -0.05) is 36.4 Å². The summed E-state index contributed by atoms with van der Waals surface area (Å²) in [5.41, 5.74) is 8.47. The molecule has 2 aromatic carbocycles. The van der Waals surface area contributed by atoms with E-state index in [1.54, 1.807) is 0 Å². The number of fused-ring (bicyclic) bond motifs is 1. The Balaban J connectivity index is 2.81. The first-order valence-corrected chi connectivity index (χ1v) is 4.94. The number of rotatable bonds is 1. The van der Waals surface area contributed by atoms with Crippen molar-refractivity contribution in [3.05, 3.63) is 47.5 Å². The van der Waals surface area contributed by atoms with Gasteiger partial charge >= 0.3 is 0 Å². The van der Waals surface area contributed by atoms with Gasteiger partial charge in [0.15, 0.2) is 0 Å². The van der Waals surface area contributed by atoms with Gasteiger partial charge in [0.2, 0.25) is 0 Å². The van der Waals surface area contributed by atoms with Crippen LogP contribution in [0.2, 0.25) is 0 Å². The highest BCUT2D eigenvalue weighted by molar-refractivity contribution is 5.88. The predicted molar refractivity (Wildman–Crippen MR) is 61.3 cm³/mol. The predicted octanol–water partition coefficient (Wildman–Crippen LogP) is 3.17. The minimum atomic E-state index is 0.0977. The molecule has 0 heterocycles. The van der Waals surface area contributed by atoms with Crippen LogP contribution in [0.15, 0.2) is 36.4 Å². The Morgan fingerprint density at radius 3 is 2.36 bits per heavy atom. The Morgan fingerprint density at radius 2 is 1.64 bits per heavy atom. The van der Waals surface area contributed by atoms with Crippen molar-refractivity contribution >= 4 is 10.8 Å². The molecule has 2 N–H and O–H groups in total. The minimum Gasteiger partial charge on any atom is -0.324 e. The van der Waals surface area contributed by atoms with Crippen LogP contribution in [-0.2, 0) is 0 Å². The van der Waals surface area contributed by atoms with Crippen LogP contribution in [0.3, 0.4) is 0 Å². The van der Waals surface area contributed by atoms with Crippen LogP contribution < -0.4 is 5.73 Å². The monoisotopic (exact) mass is 185 g/mol. The molecule has 0 aromatic heterocycles. The first-order chi connectivity index (χ1) is 6.70. The molecule has 1 atom stereocenters. The van der Waals surface area contributed by atoms with Gasteiger partial charge in [0.25, 0.3) is 0 Å². The fourth-order valence-electron chi connectivity index (χ4n) is 1.89. The van der Waals surface area contributed by atoms with E-state index >= 15 is 0 Å². The fraction of sp³-hybridized carbons (Fsp3) is 0.231. The zero-order valence-corrected chi connectivity index (χ0v) is 8.62. The average molecular weight is 185 g/mol. The van der Waals surface area contributed by atoms with E-state index in [1.165, 1.54) is 21.9 Å². The maximum Gasteiger partial charge on any atom is 0.0272 e. The van der Waals surface area contributed by atoms with E-state index < -0.39 is 0 Å². The number of aryl methyl sites for hydroxylation is 1. The molecule has 0 aliphatic carbocycles. The van der Waals surface area contributed by atoms with E-state index in [0.29, 0.717) is 0 Å². The Kier molecular flexibility index (Phi) is 2.26. The van der Waals surface area contributed by atoms with E-state index in [1.807, 2.05) is 6.92 Å². The number of benzene rings is 2. The van der Waals surface area contributed by atoms with Gasteiger partial charge in [0, 0.05) is 6.04 Å². The van der Waals surface area contributed by atoms with Crippen molar-refractivity contribution in [3.8, 4) is 0 Å². The summed E-state index contributed by atoms with van der Waals surface area (Å²) in [6, 6.07) is 12.8. The second-order valence-corrected chi connectivity index (χ2v) is 3.81. The van der Waals surface area contributed by atoms with Gasteiger partial charge in [-0.2, -0.15) is 0 Å². The maximum absolute atomic E-state index is 5.93. The normalized spacial score (nSPS) is 13.1. The van der Waals surface area contributed by atoms with Gasteiger partial charge in [0.1, 0.15) is 0 Å². The van der Waals surface area contributed by atoms with Gasteiger partial charge in [-0.3, -0.25) is 0 Å². The lowest BCUT2D eigenvalue weighted by Crippen LogP contribution is -2.05. The molecular weight excluding hydrogens is 170 g/mol. The van der Waals surface area contributed by atoms with Crippen LogP contribution in [0, 0.1) is 6.92 Å². The first-order valence-electron chi connectivity index (χ1n) is 4.94. The lowest BCUT2D eigenvalue weighted by Gasteiger charge is -2.10. The summed E-state index contributed by atoms with van der Waals surface area (Å²) in [4.78, 5) is 0. The molecule has 2 aromatic rings. The van der Waals surface area contributed by atoms with Crippen LogP contribution in [0.25, 0.3) is 10.8 Å². The second kappa shape index (κ2) is 3.43. The van der Waals surface area contributed by atoms with Gasteiger partial charge in [0.05, 0.1) is 0 Å². The SMILES string of the molecule is Cc1cccc2c([C@@H](C)N)cccc12. The standard InChI is InChI=1S/C13H15N/c1-9-5-3-8-13-11(9)6-4-7-12(13)10(2)14/h3-8,10H,14H2,1-2H3/t10-/m1/s1. The lowest BCUT2D eigenvalue weighted by molar-refractivity contribution is 0.827. The molecule has 0 spiro atoms. The molecule has 0 fully saturated rings. The van der Waals surface area contributed by atoms with Crippen molar-refractivity contribution in [1.29, 1.82) is 0 Å². The smallest absolute Gasteiger partial charge is 0.0272 e. The van der Waals surface area contributed by atoms with Crippen LogP contribution in [0.4, 0.5) is 0 Å². The van der Waals surface area contributed by atoms with Crippen molar-refractivity contribution in [1.82, 2.24) is 0 Å². The molecule has 0 aliphatic heterocycles. The van der Waals surface area contributed by atoms with Crippen molar-refractivity contribution in [3.63, 3.8) is 0 Å². The average Bonchev–Trinajstić information content (AvgIpc) is 2.17. The van der Waals surface area contributed by atoms with Gasteiger partial charge in [-0.15, -0.1) is 0 Å². The third kappa shape index (κ3) is 1.40. The van der Waals surface area contributed by atoms with Gasteiger partial charge in [-0.05, 0) is 35.7 Å². The highest BCUT2D eigenvalue weighted by Gasteiger charge is 2.05. The summed E-state index contributed by atoms with van der Waals surface area (Å²) >= 11 is 0. The summed E-state index contributed by atoms with van der Waals surface area (Å²) in [6.45, 7) is 4.16. The van der Waals surface area contributed by atoms with E-state index in [0.717, 1.165) is 0 Å². The Morgan fingerprint density at radius 1 is 1.00 bits per heavy atom.